The minimum absolute atomic E-state index is 0.0347. The van der Waals surface area contributed by atoms with Gasteiger partial charge in [0.05, 0.1) is 18.2 Å². The topological polar surface area (TPSA) is 47.9 Å². The highest BCUT2D eigenvalue weighted by atomic mass is 35.5. The van der Waals surface area contributed by atoms with Gasteiger partial charge in [-0.15, -0.1) is 0 Å². The largest absolute Gasteiger partial charge is 0.496 e. The molecule has 0 amide bonds. The number of nitrogens with zero attached hydrogens (tertiary/aromatic N) is 1. The highest BCUT2D eigenvalue weighted by Crippen LogP contribution is 2.31. The molecule has 0 unspecified atom stereocenters. The summed E-state index contributed by atoms with van der Waals surface area (Å²) in [7, 11) is 1.43. The zero-order valence-electron chi connectivity index (χ0n) is 13.3. The first-order valence-electron chi connectivity index (χ1n) is 7.31. The second-order valence-corrected chi connectivity index (χ2v) is 5.74. The van der Waals surface area contributed by atoms with Gasteiger partial charge in [0, 0.05) is 5.02 Å². The van der Waals surface area contributed by atoms with Crippen molar-refractivity contribution < 1.29 is 27.4 Å². The Hall–Kier alpha value is -2.80. The van der Waals surface area contributed by atoms with Crippen molar-refractivity contribution in [2.45, 2.75) is 6.18 Å². The van der Waals surface area contributed by atoms with Gasteiger partial charge in [0.2, 0.25) is 5.90 Å². The molecular weight excluding hydrogens is 371 g/mol. The van der Waals surface area contributed by atoms with Gasteiger partial charge in [0.25, 0.3) is 0 Å². The molecule has 4 nitrogen and oxygen atoms in total. The van der Waals surface area contributed by atoms with Gasteiger partial charge in [-0.3, -0.25) is 0 Å². The van der Waals surface area contributed by atoms with Crippen LogP contribution in [0.5, 0.6) is 5.75 Å². The number of alkyl halides is 3. The Morgan fingerprint density at radius 3 is 2.65 bits per heavy atom. The molecule has 8 heteroatoms. The third-order valence-electron chi connectivity index (χ3n) is 3.53. The van der Waals surface area contributed by atoms with Crippen LogP contribution in [0.25, 0.3) is 6.08 Å². The van der Waals surface area contributed by atoms with Crippen molar-refractivity contribution in [2.75, 3.05) is 7.11 Å². The number of esters is 1. The molecule has 0 atom stereocenters. The number of rotatable bonds is 3. The molecule has 1 aliphatic heterocycles. The summed E-state index contributed by atoms with van der Waals surface area (Å²) in [5, 5.41) is 0.384. The van der Waals surface area contributed by atoms with Crippen molar-refractivity contribution in [2.24, 2.45) is 4.99 Å². The molecule has 0 N–H and O–H groups in total. The molecule has 2 aromatic rings. The first-order chi connectivity index (χ1) is 12.3. The summed E-state index contributed by atoms with van der Waals surface area (Å²) in [5.74, 6) is -0.423. The summed E-state index contributed by atoms with van der Waals surface area (Å²) in [6, 6.07) is 9.25. The minimum Gasteiger partial charge on any atom is -0.496 e. The number of carbonyl (C=O) groups is 1. The Balaban J connectivity index is 1.99. The third-order valence-corrected chi connectivity index (χ3v) is 3.76. The Kier molecular flexibility index (Phi) is 4.73. The number of aliphatic imine (C=N–C) groups is 1. The van der Waals surface area contributed by atoms with Crippen LogP contribution in [0, 0.1) is 0 Å². The maximum absolute atomic E-state index is 12.8. The molecular formula is C18H11ClF3NO3. The molecule has 0 aromatic heterocycles. The molecule has 0 fully saturated rings. The summed E-state index contributed by atoms with van der Waals surface area (Å²) < 4.78 is 48.7. The Morgan fingerprint density at radius 2 is 1.96 bits per heavy atom. The van der Waals surface area contributed by atoms with Gasteiger partial charge in [0.15, 0.2) is 5.70 Å². The van der Waals surface area contributed by atoms with Gasteiger partial charge < -0.3 is 9.47 Å². The van der Waals surface area contributed by atoms with Crippen LogP contribution in [0.15, 0.2) is 53.2 Å². The fourth-order valence-electron chi connectivity index (χ4n) is 2.33. The molecule has 1 heterocycles. The van der Waals surface area contributed by atoms with Crippen LogP contribution >= 0.6 is 11.6 Å². The first kappa shape index (κ1) is 18.0. The summed E-state index contributed by atoms with van der Waals surface area (Å²) in [5.41, 5.74) is -0.407. The molecule has 1 aliphatic rings. The van der Waals surface area contributed by atoms with E-state index in [4.69, 9.17) is 21.1 Å². The van der Waals surface area contributed by atoms with E-state index in [1.54, 1.807) is 12.1 Å². The maximum Gasteiger partial charge on any atom is 0.416 e. The van der Waals surface area contributed by atoms with E-state index in [0.29, 0.717) is 16.3 Å². The van der Waals surface area contributed by atoms with Gasteiger partial charge in [0.1, 0.15) is 5.75 Å². The molecule has 0 spiro atoms. The van der Waals surface area contributed by atoms with Crippen LogP contribution in [0.4, 0.5) is 13.2 Å². The molecule has 3 rings (SSSR count). The summed E-state index contributed by atoms with van der Waals surface area (Å²) in [6.07, 6.45) is -3.26. The van der Waals surface area contributed by atoms with Crippen LogP contribution in [-0.2, 0) is 15.7 Å². The molecule has 26 heavy (non-hydrogen) atoms. The summed E-state index contributed by atoms with van der Waals surface area (Å²) in [6.45, 7) is 0. The van der Waals surface area contributed by atoms with E-state index in [-0.39, 0.29) is 17.2 Å². The average Bonchev–Trinajstić information content (AvgIpc) is 2.95. The summed E-state index contributed by atoms with van der Waals surface area (Å²) >= 11 is 5.94. The van der Waals surface area contributed by atoms with Crippen LogP contribution in [0.1, 0.15) is 16.7 Å². The average molecular weight is 382 g/mol. The van der Waals surface area contributed by atoms with Crippen molar-refractivity contribution in [1.29, 1.82) is 0 Å². The molecule has 0 saturated carbocycles. The fraction of sp³-hybridized carbons (Fsp3) is 0.111. The second kappa shape index (κ2) is 6.84. The van der Waals surface area contributed by atoms with Crippen molar-refractivity contribution in [1.82, 2.24) is 0 Å². The predicted molar refractivity (Wildman–Crippen MR) is 90.1 cm³/mol. The standard InChI is InChI=1S/C18H11ClF3NO3/c1-25-15-6-5-12(19)9-13(15)16-23-14(17(24)26-16)8-10-3-2-4-11(7-10)18(20,21)22/h2-9H,1H3/b14-8+. The lowest BCUT2D eigenvalue weighted by molar-refractivity contribution is -0.137. The quantitative estimate of drug-likeness (QED) is 0.571. The SMILES string of the molecule is COc1ccc(Cl)cc1C1=N/C(=C/c2cccc(C(F)(F)F)c2)C(=O)O1. The van der Waals surface area contributed by atoms with Gasteiger partial charge >= 0.3 is 12.1 Å². The molecule has 134 valence electrons. The van der Waals surface area contributed by atoms with E-state index in [1.807, 2.05) is 0 Å². The smallest absolute Gasteiger partial charge is 0.416 e. The Morgan fingerprint density at radius 1 is 1.19 bits per heavy atom. The van der Waals surface area contributed by atoms with E-state index in [0.717, 1.165) is 12.1 Å². The van der Waals surface area contributed by atoms with Gasteiger partial charge in [-0.2, -0.15) is 13.2 Å². The van der Waals surface area contributed by atoms with Crippen molar-refractivity contribution in [3.8, 4) is 5.75 Å². The van der Waals surface area contributed by atoms with Crippen molar-refractivity contribution in [3.63, 3.8) is 0 Å². The highest BCUT2D eigenvalue weighted by molar-refractivity contribution is 6.31. The monoisotopic (exact) mass is 381 g/mol. The Labute approximate surface area is 151 Å². The molecule has 2 aromatic carbocycles. The van der Waals surface area contributed by atoms with E-state index in [9.17, 15) is 18.0 Å². The van der Waals surface area contributed by atoms with Gasteiger partial charge in [-0.1, -0.05) is 23.7 Å². The van der Waals surface area contributed by atoms with E-state index < -0.39 is 17.7 Å². The number of ether oxygens (including phenoxy) is 2. The first-order valence-corrected chi connectivity index (χ1v) is 7.69. The number of benzene rings is 2. The Bertz CT molecular complexity index is 936. The van der Waals surface area contributed by atoms with Crippen LogP contribution in [0.2, 0.25) is 5.02 Å². The van der Waals surface area contributed by atoms with Crippen molar-refractivity contribution in [3.05, 3.63) is 69.9 Å². The van der Waals surface area contributed by atoms with Crippen LogP contribution < -0.4 is 4.74 Å². The van der Waals surface area contributed by atoms with Gasteiger partial charge in [-0.05, 0) is 42.0 Å². The van der Waals surface area contributed by atoms with Crippen LogP contribution in [0.3, 0.4) is 0 Å². The zero-order valence-corrected chi connectivity index (χ0v) is 14.1. The second-order valence-electron chi connectivity index (χ2n) is 5.30. The number of halogens is 4. The number of methoxy groups -OCH3 is 1. The summed E-state index contributed by atoms with van der Waals surface area (Å²) in [4.78, 5) is 16.1. The minimum atomic E-state index is -4.48. The van der Waals surface area contributed by atoms with Gasteiger partial charge in [-0.25, -0.2) is 9.79 Å². The number of carbonyl (C=O) groups excluding carboxylic acids is 1. The number of hydrogen-bond donors (Lipinski definition) is 0. The van der Waals surface area contributed by atoms with E-state index in [1.165, 1.54) is 31.4 Å². The lowest BCUT2D eigenvalue weighted by Crippen LogP contribution is -2.07. The maximum atomic E-state index is 12.8. The zero-order chi connectivity index (χ0) is 18.9. The number of cyclic esters (lactones) is 1. The highest BCUT2D eigenvalue weighted by Gasteiger charge is 2.31. The fourth-order valence-corrected chi connectivity index (χ4v) is 2.51. The third kappa shape index (κ3) is 3.72. The lowest BCUT2D eigenvalue weighted by atomic mass is 10.1. The van der Waals surface area contributed by atoms with E-state index in [2.05, 4.69) is 4.99 Å². The number of hydrogen-bond acceptors (Lipinski definition) is 4. The molecule has 0 aliphatic carbocycles. The van der Waals surface area contributed by atoms with Crippen LogP contribution in [-0.4, -0.2) is 19.0 Å². The van der Waals surface area contributed by atoms with Crippen molar-refractivity contribution >= 4 is 29.5 Å². The molecule has 0 radical (unpaired) electrons. The molecule has 0 saturated heterocycles. The lowest BCUT2D eigenvalue weighted by Gasteiger charge is -2.07. The molecule has 0 bridgehead atoms. The predicted octanol–water partition coefficient (Wildman–Crippen LogP) is 4.71. The van der Waals surface area contributed by atoms with E-state index >= 15 is 0 Å². The normalized spacial score (nSPS) is 15.8.